The molecule has 1 amide bonds. The molecule has 0 bridgehead atoms. The van der Waals surface area contributed by atoms with Crippen LogP contribution in [-0.2, 0) is 4.79 Å². The third-order valence-corrected chi connectivity index (χ3v) is 3.02. The Morgan fingerprint density at radius 2 is 2.33 bits per heavy atom. The van der Waals surface area contributed by atoms with Gasteiger partial charge in [0.1, 0.15) is 18.2 Å². The standard InChI is InChI=1S/C15H20FN3O2/c1-12(6-7-17)19(2)11-15(20)18-8-9-21-14-5-3-4-13(16)10-14/h3-5,10,12H,6,8-9,11H2,1-2H3,(H,18,20)/t12-/m0/s1. The lowest BCUT2D eigenvalue weighted by molar-refractivity contribution is -0.122. The average Bonchev–Trinajstić information content (AvgIpc) is 2.44. The summed E-state index contributed by atoms with van der Waals surface area (Å²) in [5, 5.41) is 11.3. The summed E-state index contributed by atoms with van der Waals surface area (Å²) in [6, 6.07) is 7.95. The van der Waals surface area contributed by atoms with Crippen LogP contribution in [0.25, 0.3) is 0 Å². The van der Waals surface area contributed by atoms with Gasteiger partial charge in [-0.25, -0.2) is 4.39 Å². The Kier molecular flexibility index (Phi) is 7.19. The van der Waals surface area contributed by atoms with Crippen LogP contribution in [-0.4, -0.2) is 43.6 Å². The monoisotopic (exact) mass is 293 g/mol. The molecule has 0 heterocycles. The summed E-state index contributed by atoms with van der Waals surface area (Å²) in [7, 11) is 1.80. The fourth-order valence-electron chi connectivity index (χ4n) is 1.64. The van der Waals surface area contributed by atoms with Gasteiger partial charge in [-0.15, -0.1) is 0 Å². The average molecular weight is 293 g/mol. The first-order valence-electron chi connectivity index (χ1n) is 6.75. The van der Waals surface area contributed by atoms with Gasteiger partial charge in [-0.3, -0.25) is 9.69 Å². The molecular formula is C15H20FN3O2. The van der Waals surface area contributed by atoms with E-state index in [0.717, 1.165) is 0 Å². The third-order valence-electron chi connectivity index (χ3n) is 3.02. The van der Waals surface area contributed by atoms with Crippen LogP contribution in [0.5, 0.6) is 5.75 Å². The highest BCUT2D eigenvalue weighted by Crippen LogP contribution is 2.11. The molecular weight excluding hydrogens is 273 g/mol. The van der Waals surface area contributed by atoms with Gasteiger partial charge in [0, 0.05) is 12.1 Å². The van der Waals surface area contributed by atoms with E-state index in [9.17, 15) is 9.18 Å². The minimum absolute atomic E-state index is 0.0318. The van der Waals surface area contributed by atoms with Crippen molar-refractivity contribution < 1.29 is 13.9 Å². The highest BCUT2D eigenvalue weighted by atomic mass is 19.1. The molecule has 0 spiro atoms. The maximum atomic E-state index is 12.9. The summed E-state index contributed by atoms with van der Waals surface area (Å²) >= 11 is 0. The molecule has 21 heavy (non-hydrogen) atoms. The Bertz CT molecular complexity index is 502. The van der Waals surface area contributed by atoms with Crippen LogP contribution >= 0.6 is 0 Å². The molecule has 114 valence electrons. The van der Waals surface area contributed by atoms with Crippen LogP contribution in [0.15, 0.2) is 24.3 Å². The van der Waals surface area contributed by atoms with Crippen LogP contribution in [0.3, 0.4) is 0 Å². The number of halogens is 1. The summed E-state index contributed by atoms with van der Waals surface area (Å²) < 4.78 is 18.2. The minimum atomic E-state index is -0.357. The van der Waals surface area contributed by atoms with Gasteiger partial charge in [-0.2, -0.15) is 5.26 Å². The minimum Gasteiger partial charge on any atom is -0.492 e. The van der Waals surface area contributed by atoms with E-state index in [1.807, 2.05) is 11.8 Å². The molecule has 0 aliphatic rings. The second-order valence-corrected chi connectivity index (χ2v) is 4.78. The molecule has 0 fully saturated rings. The Labute approximate surface area is 124 Å². The zero-order valence-corrected chi connectivity index (χ0v) is 12.3. The smallest absolute Gasteiger partial charge is 0.234 e. The summed E-state index contributed by atoms with van der Waals surface area (Å²) in [5.41, 5.74) is 0. The molecule has 0 aliphatic heterocycles. The van der Waals surface area contributed by atoms with Gasteiger partial charge < -0.3 is 10.1 Å². The Balaban J connectivity index is 2.20. The first-order valence-corrected chi connectivity index (χ1v) is 6.75. The fourth-order valence-corrected chi connectivity index (χ4v) is 1.64. The first kappa shape index (κ1) is 16.9. The zero-order chi connectivity index (χ0) is 15.7. The lowest BCUT2D eigenvalue weighted by Crippen LogP contribution is -2.40. The number of nitriles is 1. The number of carbonyl (C=O) groups excluding carboxylic acids is 1. The predicted octanol–water partition coefficient (Wildman–Crippen LogP) is 1.55. The van der Waals surface area contributed by atoms with Gasteiger partial charge in [-0.1, -0.05) is 6.07 Å². The largest absolute Gasteiger partial charge is 0.492 e. The van der Waals surface area contributed by atoms with Crippen molar-refractivity contribution >= 4 is 5.91 Å². The van der Waals surface area contributed by atoms with E-state index in [1.165, 1.54) is 12.1 Å². The molecule has 1 aromatic rings. The number of amides is 1. The van der Waals surface area contributed by atoms with Gasteiger partial charge in [-0.05, 0) is 26.1 Å². The number of benzene rings is 1. The second kappa shape index (κ2) is 8.93. The molecule has 0 aliphatic carbocycles. The van der Waals surface area contributed by atoms with E-state index in [4.69, 9.17) is 10.00 Å². The summed E-state index contributed by atoms with van der Waals surface area (Å²) in [4.78, 5) is 13.5. The number of likely N-dealkylation sites (N-methyl/N-ethyl adjacent to an activating group) is 1. The van der Waals surface area contributed by atoms with Gasteiger partial charge in [0.25, 0.3) is 0 Å². The highest BCUT2D eigenvalue weighted by Gasteiger charge is 2.12. The van der Waals surface area contributed by atoms with Crippen LogP contribution in [0.1, 0.15) is 13.3 Å². The molecule has 0 saturated carbocycles. The molecule has 0 radical (unpaired) electrons. The van der Waals surface area contributed by atoms with Gasteiger partial charge in [0.15, 0.2) is 0 Å². The van der Waals surface area contributed by atoms with E-state index < -0.39 is 0 Å². The Morgan fingerprint density at radius 3 is 3.00 bits per heavy atom. The topological polar surface area (TPSA) is 65.4 Å². The van der Waals surface area contributed by atoms with Crippen molar-refractivity contribution in [1.29, 1.82) is 5.26 Å². The second-order valence-electron chi connectivity index (χ2n) is 4.78. The SMILES string of the molecule is C[C@@H](CC#N)N(C)CC(=O)NCCOc1cccc(F)c1. The van der Waals surface area contributed by atoms with E-state index in [1.54, 1.807) is 19.2 Å². The molecule has 1 aromatic carbocycles. The molecule has 6 heteroatoms. The number of nitrogens with zero attached hydrogens (tertiary/aromatic N) is 2. The lowest BCUT2D eigenvalue weighted by atomic mass is 10.2. The van der Waals surface area contributed by atoms with Gasteiger partial charge in [0.05, 0.1) is 25.6 Å². The van der Waals surface area contributed by atoms with Gasteiger partial charge >= 0.3 is 0 Å². The Hall–Kier alpha value is -2.13. The molecule has 0 aromatic heterocycles. The third kappa shape index (κ3) is 6.72. The highest BCUT2D eigenvalue weighted by molar-refractivity contribution is 5.77. The fraction of sp³-hybridized carbons (Fsp3) is 0.467. The van der Waals surface area contributed by atoms with E-state index in [-0.39, 0.29) is 30.9 Å². The molecule has 0 saturated heterocycles. The first-order chi connectivity index (χ1) is 10.0. The van der Waals surface area contributed by atoms with Crippen molar-refractivity contribution in [2.45, 2.75) is 19.4 Å². The van der Waals surface area contributed by atoms with Crippen molar-refractivity contribution in [2.24, 2.45) is 0 Å². The van der Waals surface area contributed by atoms with Crippen molar-refractivity contribution in [3.63, 3.8) is 0 Å². The van der Waals surface area contributed by atoms with Crippen LogP contribution in [0.2, 0.25) is 0 Å². The van der Waals surface area contributed by atoms with Crippen LogP contribution in [0.4, 0.5) is 4.39 Å². The molecule has 1 N–H and O–H groups in total. The molecule has 0 unspecified atom stereocenters. The summed E-state index contributed by atoms with van der Waals surface area (Å²) in [6.07, 6.45) is 0.381. The normalized spacial score (nSPS) is 11.8. The van der Waals surface area contributed by atoms with Gasteiger partial charge in [0.2, 0.25) is 5.91 Å². The van der Waals surface area contributed by atoms with Crippen LogP contribution in [0, 0.1) is 17.1 Å². The van der Waals surface area contributed by atoms with E-state index in [2.05, 4.69) is 11.4 Å². The molecule has 5 nitrogen and oxygen atoms in total. The Morgan fingerprint density at radius 1 is 1.57 bits per heavy atom. The quantitative estimate of drug-likeness (QED) is 0.739. The molecule has 1 rings (SSSR count). The number of rotatable bonds is 8. The van der Waals surface area contributed by atoms with Crippen molar-refractivity contribution in [3.8, 4) is 11.8 Å². The summed E-state index contributed by atoms with van der Waals surface area (Å²) in [6.45, 7) is 2.73. The number of nitrogens with one attached hydrogen (secondary N) is 1. The summed E-state index contributed by atoms with van der Waals surface area (Å²) in [5.74, 6) is -0.0567. The van der Waals surface area contributed by atoms with Crippen molar-refractivity contribution in [1.82, 2.24) is 10.2 Å². The number of hydrogen-bond donors (Lipinski definition) is 1. The predicted molar refractivity (Wildman–Crippen MR) is 77.2 cm³/mol. The van der Waals surface area contributed by atoms with E-state index >= 15 is 0 Å². The van der Waals surface area contributed by atoms with Crippen molar-refractivity contribution in [3.05, 3.63) is 30.1 Å². The number of ether oxygens (including phenoxy) is 1. The van der Waals surface area contributed by atoms with Crippen LogP contribution < -0.4 is 10.1 Å². The van der Waals surface area contributed by atoms with E-state index in [0.29, 0.717) is 18.7 Å². The lowest BCUT2D eigenvalue weighted by Gasteiger charge is -2.21. The molecule has 1 atom stereocenters. The van der Waals surface area contributed by atoms with Crippen molar-refractivity contribution in [2.75, 3.05) is 26.7 Å². The zero-order valence-electron chi connectivity index (χ0n) is 12.3. The maximum absolute atomic E-state index is 12.9. The number of hydrogen-bond acceptors (Lipinski definition) is 4. The maximum Gasteiger partial charge on any atom is 0.234 e. The number of carbonyl (C=O) groups is 1.